The average molecular weight is 367 g/mol. The number of likely N-dealkylation sites (N-methyl/N-ethyl adjacent to an activating group) is 1. The summed E-state index contributed by atoms with van der Waals surface area (Å²) in [5, 5.41) is 1.17. The van der Waals surface area contributed by atoms with Gasteiger partial charge in [-0.15, -0.1) is 0 Å². The van der Waals surface area contributed by atoms with Gasteiger partial charge in [-0.25, -0.2) is 9.79 Å². The van der Waals surface area contributed by atoms with Crippen LogP contribution in [0.5, 0.6) is 17.8 Å². The van der Waals surface area contributed by atoms with E-state index in [9.17, 15) is 4.79 Å². The number of carbonyl (C=O) groups excluding carboxylic acids is 1. The molecule has 1 unspecified atom stereocenters. The van der Waals surface area contributed by atoms with Gasteiger partial charge in [0.2, 0.25) is 11.8 Å². The molecule has 26 heavy (non-hydrogen) atoms. The second kappa shape index (κ2) is 8.85. The molecule has 0 N–H and O–H groups in total. The van der Waals surface area contributed by atoms with Crippen LogP contribution < -0.4 is 14.3 Å². The number of methoxy groups -OCH3 is 3. The van der Waals surface area contributed by atoms with Crippen LogP contribution >= 0.6 is 0 Å². The largest absolute Gasteiger partial charge is 0.481 e. The number of amidine groups is 1. The topological polar surface area (TPSA) is 108 Å². The molecule has 0 radical (unpaired) electrons. The maximum atomic E-state index is 12.3. The highest BCUT2D eigenvalue weighted by Gasteiger charge is 2.31. The number of hydroxylamine groups is 2. The van der Waals surface area contributed by atoms with E-state index in [1.54, 1.807) is 25.1 Å². The summed E-state index contributed by atoms with van der Waals surface area (Å²) in [6.07, 6.45) is 2.08. The Bertz CT molecular complexity index is 671. The standard InChI is InChI=1S/C15H21N5O6/c1-19(2)10-6-7-20(13(16-10)14(21)25-9-22-3)26-15-17-11(23-4)8-12(18-15)24-5/h6-8,13H,9H2,1-5H3. The van der Waals surface area contributed by atoms with Crippen LogP contribution in [-0.4, -0.2) is 80.1 Å². The predicted octanol–water partition coefficient (Wildman–Crippen LogP) is 0.0502. The first-order valence-corrected chi connectivity index (χ1v) is 7.50. The average Bonchev–Trinajstić information content (AvgIpc) is 2.65. The van der Waals surface area contributed by atoms with Crippen molar-refractivity contribution in [1.29, 1.82) is 0 Å². The minimum Gasteiger partial charge on any atom is -0.481 e. The third kappa shape index (κ3) is 4.72. The number of rotatable bonds is 7. The van der Waals surface area contributed by atoms with Crippen molar-refractivity contribution in [3.8, 4) is 17.8 Å². The highest BCUT2D eigenvalue weighted by Crippen LogP contribution is 2.21. The number of aromatic nitrogens is 2. The first-order chi connectivity index (χ1) is 12.5. The molecule has 0 aliphatic carbocycles. The van der Waals surface area contributed by atoms with Crippen molar-refractivity contribution in [1.82, 2.24) is 19.9 Å². The fourth-order valence-corrected chi connectivity index (χ4v) is 1.87. The number of carbonyl (C=O) groups is 1. The molecule has 1 aliphatic heterocycles. The third-order valence-corrected chi connectivity index (χ3v) is 3.12. The van der Waals surface area contributed by atoms with Crippen molar-refractivity contribution in [2.75, 3.05) is 42.2 Å². The molecule has 0 spiro atoms. The number of hydrogen-bond acceptors (Lipinski definition) is 11. The molecule has 2 heterocycles. The summed E-state index contributed by atoms with van der Waals surface area (Å²) in [6, 6.07) is 1.41. The maximum Gasteiger partial charge on any atom is 0.357 e. The normalized spacial score (nSPS) is 16.0. The lowest BCUT2D eigenvalue weighted by Gasteiger charge is -2.29. The minimum absolute atomic E-state index is 0.0844. The zero-order valence-corrected chi connectivity index (χ0v) is 15.2. The van der Waals surface area contributed by atoms with Gasteiger partial charge in [0.15, 0.2) is 6.79 Å². The molecule has 11 heteroatoms. The summed E-state index contributed by atoms with van der Waals surface area (Å²) < 4.78 is 19.9. The van der Waals surface area contributed by atoms with Crippen molar-refractivity contribution in [3.05, 3.63) is 18.3 Å². The Kier molecular flexibility index (Phi) is 6.55. The Balaban J connectivity index is 2.25. The molecule has 2 rings (SSSR count). The van der Waals surface area contributed by atoms with Crippen molar-refractivity contribution in [3.63, 3.8) is 0 Å². The lowest BCUT2D eigenvalue weighted by Crippen LogP contribution is -2.44. The molecular weight excluding hydrogens is 346 g/mol. The number of hydrogen-bond donors (Lipinski definition) is 0. The molecule has 0 aromatic carbocycles. The first-order valence-electron chi connectivity index (χ1n) is 7.50. The third-order valence-electron chi connectivity index (χ3n) is 3.12. The van der Waals surface area contributed by atoms with Crippen LogP contribution in [0.1, 0.15) is 0 Å². The van der Waals surface area contributed by atoms with Gasteiger partial charge in [0.1, 0.15) is 5.84 Å². The van der Waals surface area contributed by atoms with Gasteiger partial charge >= 0.3 is 12.0 Å². The van der Waals surface area contributed by atoms with E-state index in [0.29, 0.717) is 5.84 Å². The van der Waals surface area contributed by atoms with E-state index in [4.69, 9.17) is 23.8 Å². The molecular formula is C15H21N5O6. The van der Waals surface area contributed by atoms with Gasteiger partial charge < -0.3 is 28.7 Å². The highest BCUT2D eigenvalue weighted by atomic mass is 16.7. The highest BCUT2D eigenvalue weighted by molar-refractivity contribution is 5.95. The minimum atomic E-state index is -1.10. The van der Waals surface area contributed by atoms with Gasteiger partial charge in [0.25, 0.3) is 6.17 Å². The van der Waals surface area contributed by atoms with Crippen molar-refractivity contribution >= 4 is 11.8 Å². The lowest BCUT2D eigenvalue weighted by atomic mass is 10.4. The molecule has 1 atom stereocenters. The molecule has 1 aromatic heterocycles. The summed E-state index contributed by atoms with van der Waals surface area (Å²) in [4.78, 5) is 32.0. The fraction of sp³-hybridized carbons (Fsp3) is 0.467. The zero-order chi connectivity index (χ0) is 19.1. The van der Waals surface area contributed by atoms with E-state index in [2.05, 4.69) is 15.0 Å². The quantitative estimate of drug-likeness (QED) is 0.484. The maximum absolute atomic E-state index is 12.3. The zero-order valence-electron chi connectivity index (χ0n) is 15.2. The fourth-order valence-electron chi connectivity index (χ4n) is 1.87. The number of esters is 1. The van der Waals surface area contributed by atoms with Crippen LogP contribution in [0.15, 0.2) is 23.3 Å². The molecule has 1 aliphatic rings. The van der Waals surface area contributed by atoms with Crippen LogP contribution in [0, 0.1) is 0 Å². The Hall–Kier alpha value is -3.08. The monoisotopic (exact) mass is 367 g/mol. The number of ether oxygens (including phenoxy) is 4. The van der Waals surface area contributed by atoms with E-state index < -0.39 is 12.1 Å². The molecule has 11 nitrogen and oxygen atoms in total. The van der Waals surface area contributed by atoms with Crippen LogP contribution in [0.25, 0.3) is 0 Å². The van der Waals surface area contributed by atoms with Crippen LogP contribution in [0.4, 0.5) is 0 Å². The van der Waals surface area contributed by atoms with E-state index >= 15 is 0 Å². The van der Waals surface area contributed by atoms with Gasteiger partial charge in [-0.3, -0.25) is 0 Å². The second-order valence-corrected chi connectivity index (χ2v) is 5.13. The summed E-state index contributed by atoms with van der Waals surface area (Å²) in [5.74, 6) is 0.381. The molecule has 1 aromatic rings. The van der Waals surface area contributed by atoms with E-state index in [1.807, 2.05) is 0 Å². The second-order valence-electron chi connectivity index (χ2n) is 5.13. The Morgan fingerprint density at radius 3 is 2.38 bits per heavy atom. The number of nitrogens with zero attached hydrogens (tertiary/aromatic N) is 5. The van der Waals surface area contributed by atoms with Crippen LogP contribution in [-0.2, 0) is 14.3 Å². The van der Waals surface area contributed by atoms with Gasteiger partial charge in [-0.05, 0) is 6.08 Å². The van der Waals surface area contributed by atoms with E-state index in [0.717, 1.165) is 0 Å². The van der Waals surface area contributed by atoms with Crippen molar-refractivity contribution < 1.29 is 28.6 Å². The Morgan fingerprint density at radius 1 is 1.19 bits per heavy atom. The lowest BCUT2D eigenvalue weighted by molar-refractivity contribution is -0.169. The van der Waals surface area contributed by atoms with Crippen LogP contribution in [0.3, 0.4) is 0 Å². The smallest absolute Gasteiger partial charge is 0.357 e. The summed E-state index contributed by atoms with van der Waals surface area (Å²) >= 11 is 0. The van der Waals surface area contributed by atoms with E-state index in [-0.39, 0.29) is 24.6 Å². The summed E-state index contributed by atoms with van der Waals surface area (Å²) in [6.45, 7) is -0.205. The molecule has 142 valence electrons. The van der Waals surface area contributed by atoms with Gasteiger partial charge in [-0.2, -0.15) is 15.0 Å². The van der Waals surface area contributed by atoms with E-state index in [1.165, 1.54) is 38.7 Å². The molecule has 0 saturated heterocycles. The van der Waals surface area contributed by atoms with Crippen molar-refractivity contribution in [2.24, 2.45) is 4.99 Å². The van der Waals surface area contributed by atoms with Gasteiger partial charge in [0, 0.05) is 27.4 Å². The summed E-state index contributed by atoms with van der Waals surface area (Å²) in [7, 11) is 7.91. The molecule has 0 fully saturated rings. The Morgan fingerprint density at radius 2 is 1.85 bits per heavy atom. The molecule has 0 saturated carbocycles. The summed E-state index contributed by atoms with van der Waals surface area (Å²) in [5.41, 5.74) is 0. The molecule has 0 bridgehead atoms. The SMILES string of the molecule is COCOC(=O)C1N=C(N(C)C)C=CN1Oc1nc(OC)cc(OC)n1. The predicted molar refractivity (Wildman–Crippen MR) is 89.6 cm³/mol. The van der Waals surface area contributed by atoms with Gasteiger partial charge in [0.05, 0.1) is 20.3 Å². The first kappa shape index (κ1) is 19.2. The number of aliphatic imine (C=N–C) groups is 1. The van der Waals surface area contributed by atoms with Gasteiger partial charge in [-0.1, -0.05) is 0 Å². The Labute approximate surface area is 150 Å². The molecule has 0 amide bonds. The van der Waals surface area contributed by atoms with Crippen LogP contribution in [0.2, 0.25) is 0 Å². The van der Waals surface area contributed by atoms with Crippen molar-refractivity contribution in [2.45, 2.75) is 6.17 Å².